The Morgan fingerprint density at radius 1 is 1.35 bits per heavy atom. The van der Waals surface area contributed by atoms with E-state index in [1.807, 2.05) is 37.3 Å². The Hall–Kier alpha value is -1.10. The number of ether oxygens (including phenoxy) is 1. The minimum absolute atomic E-state index is 0.0571. The van der Waals surface area contributed by atoms with Crippen molar-refractivity contribution in [2.24, 2.45) is 5.73 Å². The predicted octanol–water partition coefficient (Wildman–Crippen LogP) is 3.97. The van der Waals surface area contributed by atoms with Gasteiger partial charge in [-0.1, -0.05) is 11.6 Å². The Balaban J connectivity index is 2.10. The molecule has 0 saturated carbocycles. The molecule has 5 heteroatoms. The van der Waals surface area contributed by atoms with Crippen LogP contribution in [-0.4, -0.2) is 11.0 Å². The van der Waals surface area contributed by atoms with Crippen LogP contribution in [0, 0.1) is 0 Å². The van der Waals surface area contributed by atoms with Crippen LogP contribution >= 0.6 is 27.5 Å². The number of nitrogens with two attached hydrogens (primary N) is 1. The Morgan fingerprint density at radius 2 is 2.15 bits per heavy atom. The zero-order valence-electron chi connectivity index (χ0n) is 11.1. The van der Waals surface area contributed by atoms with E-state index in [1.54, 1.807) is 6.20 Å². The number of halogens is 2. The molecule has 1 aromatic heterocycles. The predicted molar refractivity (Wildman–Crippen MR) is 85.1 cm³/mol. The third-order valence-electron chi connectivity index (χ3n) is 2.73. The van der Waals surface area contributed by atoms with Gasteiger partial charge in [0.2, 0.25) is 0 Å². The Bertz CT molecular complexity index is 573. The van der Waals surface area contributed by atoms with Gasteiger partial charge in [0.05, 0.1) is 5.69 Å². The molecule has 1 heterocycles. The number of nitrogens with zero attached hydrogens (tertiary/aromatic N) is 1. The SMILES string of the molecule is CC(N)Cc1cc(Cl)ccc1OCc1ccc(Br)cn1. The molecule has 0 spiro atoms. The first-order valence-corrected chi connectivity index (χ1v) is 7.49. The molecule has 20 heavy (non-hydrogen) atoms. The molecule has 3 nitrogen and oxygen atoms in total. The monoisotopic (exact) mass is 354 g/mol. The third kappa shape index (κ3) is 4.47. The van der Waals surface area contributed by atoms with Gasteiger partial charge >= 0.3 is 0 Å². The first-order chi connectivity index (χ1) is 9.54. The molecule has 2 N–H and O–H groups in total. The van der Waals surface area contributed by atoms with Crippen molar-refractivity contribution in [3.8, 4) is 5.75 Å². The lowest BCUT2D eigenvalue weighted by molar-refractivity contribution is 0.297. The molecule has 0 amide bonds. The topological polar surface area (TPSA) is 48.1 Å². The quantitative estimate of drug-likeness (QED) is 0.883. The maximum atomic E-state index is 6.02. The molecule has 0 bridgehead atoms. The van der Waals surface area contributed by atoms with Crippen LogP contribution < -0.4 is 10.5 Å². The van der Waals surface area contributed by atoms with Crippen LogP contribution in [0.15, 0.2) is 41.0 Å². The number of rotatable bonds is 5. The highest BCUT2D eigenvalue weighted by molar-refractivity contribution is 9.10. The summed E-state index contributed by atoms with van der Waals surface area (Å²) in [6.45, 7) is 2.38. The number of pyridine rings is 1. The molecule has 0 saturated heterocycles. The summed E-state index contributed by atoms with van der Waals surface area (Å²) < 4.78 is 6.78. The summed E-state index contributed by atoms with van der Waals surface area (Å²) in [5.41, 5.74) is 7.74. The summed E-state index contributed by atoms with van der Waals surface area (Å²) in [5, 5.41) is 0.690. The molecule has 0 aliphatic heterocycles. The first kappa shape index (κ1) is 15.3. The normalized spacial score (nSPS) is 12.2. The Labute approximate surface area is 132 Å². The maximum absolute atomic E-state index is 6.02. The van der Waals surface area contributed by atoms with Gasteiger partial charge in [-0.05, 0) is 65.2 Å². The number of hydrogen-bond donors (Lipinski definition) is 1. The number of benzene rings is 1. The van der Waals surface area contributed by atoms with Gasteiger partial charge in [0.25, 0.3) is 0 Å². The van der Waals surface area contributed by atoms with Gasteiger partial charge in [-0.25, -0.2) is 0 Å². The van der Waals surface area contributed by atoms with E-state index in [-0.39, 0.29) is 6.04 Å². The highest BCUT2D eigenvalue weighted by Gasteiger charge is 2.08. The molecule has 0 aliphatic rings. The Morgan fingerprint density at radius 3 is 2.80 bits per heavy atom. The molecular weight excluding hydrogens is 340 g/mol. The second-order valence-corrected chi connectivity index (χ2v) is 6.04. The second-order valence-electron chi connectivity index (χ2n) is 4.69. The van der Waals surface area contributed by atoms with Gasteiger partial charge in [-0.2, -0.15) is 0 Å². The van der Waals surface area contributed by atoms with Crippen molar-refractivity contribution in [3.05, 3.63) is 57.3 Å². The smallest absolute Gasteiger partial charge is 0.130 e. The molecule has 0 radical (unpaired) electrons. The molecule has 1 unspecified atom stereocenters. The zero-order valence-corrected chi connectivity index (χ0v) is 13.5. The van der Waals surface area contributed by atoms with Gasteiger partial charge in [-0.3, -0.25) is 4.98 Å². The first-order valence-electron chi connectivity index (χ1n) is 6.32. The molecule has 1 aromatic carbocycles. The fraction of sp³-hybridized carbons (Fsp3) is 0.267. The molecule has 0 fully saturated rings. The number of hydrogen-bond acceptors (Lipinski definition) is 3. The fourth-order valence-electron chi connectivity index (χ4n) is 1.84. The summed E-state index contributed by atoms with van der Waals surface area (Å²) in [6.07, 6.45) is 2.48. The summed E-state index contributed by atoms with van der Waals surface area (Å²) >= 11 is 9.38. The van der Waals surface area contributed by atoms with E-state index >= 15 is 0 Å². The van der Waals surface area contributed by atoms with E-state index in [4.69, 9.17) is 22.1 Å². The lowest BCUT2D eigenvalue weighted by Crippen LogP contribution is -2.18. The van der Waals surface area contributed by atoms with Crippen LogP contribution in [0.2, 0.25) is 5.02 Å². The molecule has 106 valence electrons. The van der Waals surface area contributed by atoms with E-state index in [9.17, 15) is 0 Å². The molecule has 2 aromatic rings. The van der Waals surface area contributed by atoms with E-state index < -0.39 is 0 Å². The largest absolute Gasteiger partial charge is 0.487 e. The molecule has 1 atom stereocenters. The van der Waals surface area contributed by atoms with Gasteiger partial charge in [0.15, 0.2) is 0 Å². The zero-order chi connectivity index (χ0) is 14.5. The van der Waals surface area contributed by atoms with Gasteiger partial charge in [0, 0.05) is 21.7 Å². The van der Waals surface area contributed by atoms with Crippen molar-refractivity contribution in [3.63, 3.8) is 0 Å². The van der Waals surface area contributed by atoms with E-state index in [0.29, 0.717) is 11.6 Å². The summed E-state index contributed by atoms with van der Waals surface area (Å²) in [6, 6.07) is 9.51. The lowest BCUT2D eigenvalue weighted by atomic mass is 10.1. The van der Waals surface area contributed by atoms with E-state index in [2.05, 4.69) is 20.9 Å². The molecular formula is C15H16BrClN2O. The average molecular weight is 356 g/mol. The summed E-state index contributed by atoms with van der Waals surface area (Å²) in [4.78, 5) is 4.28. The maximum Gasteiger partial charge on any atom is 0.130 e. The van der Waals surface area contributed by atoms with Gasteiger partial charge in [-0.15, -0.1) is 0 Å². The third-order valence-corrected chi connectivity index (χ3v) is 3.43. The van der Waals surface area contributed by atoms with Crippen molar-refractivity contribution in [1.82, 2.24) is 4.98 Å². The van der Waals surface area contributed by atoms with Gasteiger partial charge < -0.3 is 10.5 Å². The van der Waals surface area contributed by atoms with Crippen LogP contribution in [0.4, 0.5) is 0 Å². The summed E-state index contributed by atoms with van der Waals surface area (Å²) in [7, 11) is 0. The molecule has 0 aliphatic carbocycles. The minimum atomic E-state index is 0.0571. The average Bonchev–Trinajstić information content (AvgIpc) is 2.39. The van der Waals surface area contributed by atoms with Crippen LogP contribution in [0.5, 0.6) is 5.75 Å². The Kier molecular flexibility index (Phi) is 5.40. The second kappa shape index (κ2) is 7.07. The highest BCUT2D eigenvalue weighted by Crippen LogP contribution is 2.25. The van der Waals surface area contributed by atoms with Crippen molar-refractivity contribution in [1.29, 1.82) is 0 Å². The van der Waals surface area contributed by atoms with Crippen LogP contribution in [-0.2, 0) is 13.0 Å². The van der Waals surface area contributed by atoms with Gasteiger partial charge in [0.1, 0.15) is 12.4 Å². The van der Waals surface area contributed by atoms with Crippen molar-refractivity contribution in [2.45, 2.75) is 26.0 Å². The minimum Gasteiger partial charge on any atom is -0.487 e. The number of aromatic nitrogens is 1. The molecule has 2 rings (SSSR count). The standard InChI is InChI=1S/C15H16BrClN2O/c1-10(18)6-11-7-13(17)3-5-15(11)20-9-14-4-2-12(16)8-19-14/h2-5,7-8,10H,6,9,18H2,1H3. The highest BCUT2D eigenvalue weighted by atomic mass is 79.9. The van der Waals surface area contributed by atoms with Crippen molar-refractivity contribution >= 4 is 27.5 Å². The lowest BCUT2D eigenvalue weighted by Gasteiger charge is -2.13. The van der Waals surface area contributed by atoms with Crippen LogP contribution in [0.25, 0.3) is 0 Å². The van der Waals surface area contributed by atoms with E-state index in [0.717, 1.165) is 27.9 Å². The summed E-state index contributed by atoms with van der Waals surface area (Å²) in [5.74, 6) is 0.802. The van der Waals surface area contributed by atoms with Crippen LogP contribution in [0.1, 0.15) is 18.2 Å². The fourth-order valence-corrected chi connectivity index (χ4v) is 2.27. The van der Waals surface area contributed by atoms with Crippen molar-refractivity contribution < 1.29 is 4.74 Å². The van der Waals surface area contributed by atoms with Crippen molar-refractivity contribution in [2.75, 3.05) is 0 Å². The van der Waals surface area contributed by atoms with E-state index in [1.165, 1.54) is 0 Å². The van der Waals surface area contributed by atoms with Crippen LogP contribution in [0.3, 0.4) is 0 Å².